The van der Waals surface area contributed by atoms with Gasteiger partial charge in [-0.2, -0.15) is 5.10 Å². The minimum atomic E-state index is -0.411. The molecule has 0 bridgehead atoms. The highest BCUT2D eigenvalue weighted by Crippen LogP contribution is 2.24. The summed E-state index contributed by atoms with van der Waals surface area (Å²) in [7, 11) is 3.23. The fourth-order valence-electron chi connectivity index (χ4n) is 2.62. The fraction of sp³-hybridized carbons (Fsp3) is 0.158. The number of methoxy groups -OCH3 is 1. The maximum Gasteiger partial charge on any atom is 0.257 e. The molecule has 0 unspecified atom stereocenters. The number of hydrogen-bond donors (Lipinski definition) is 0. The van der Waals surface area contributed by atoms with Crippen LogP contribution in [0.1, 0.15) is 15.9 Å². The molecule has 3 rings (SSSR count). The Kier molecular flexibility index (Phi) is 5.23. The molecular formula is C19H17ClFN3O2. The van der Waals surface area contributed by atoms with Crippen molar-refractivity contribution in [2.24, 2.45) is 0 Å². The second kappa shape index (κ2) is 7.58. The molecule has 0 atom stereocenters. The number of carbonyl (C=O) groups is 1. The number of nitrogens with zero attached hydrogens (tertiary/aromatic N) is 3. The molecule has 0 spiro atoms. The van der Waals surface area contributed by atoms with Crippen LogP contribution in [0.4, 0.5) is 4.39 Å². The van der Waals surface area contributed by atoms with Crippen LogP contribution in [-0.4, -0.2) is 34.7 Å². The van der Waals surface area contributed by atoms with Crippen LogP contribution in [0.25, 0.3) is 5.69 Å². The number of halogens is 2. The zero-order chi connectivity index (χ0) is 18.7. The molecular weight excluding hydrogens is 357 g/mol. The lowest BCUT2D eigenvalue weighted by Crippen LogP contribution is -2.26. The summed E-state index contributed by atoms with van der Waals surface area (Å²) in [6, 6.07) is 11.5. The summed E-state index contributed by atoms with van der Waals surface area (Å²) in [4.78, 5) is 14.2. The zero-order valence-corrected chi connectivity index (χ0v) is 15.1. The quantitative estimate of drug-likeness (QED) is 0.680. The van der Waals surface area contributed by atoms with E-state index in [0.717, 1.165) is 5.56 Å². The predicted molar refractivity (Wildman–Crippen MR) is 97.3 cm³/mol. The molecule has 1 aromatic heterocycles. The van der Waals surface area contributed by atoms with Crippen molar-refractivity contribution in [3.05, 3.63) is 76.8 Å². The van der Waals surface area contributed by atoms with Crippen molar-refractivity contribution in [1.29, 1.82) is 0 Å². The van der Waals surface area contributed by atoms with Crippen LogP contribution < -0.4 is 4.74 Å². The van der Waals surface area contributed by atoms with Gasteiger partial charge in [-0.1, -0.05) is 23.7 Å². The SMILES string of the molecule is COc1ccc(Cl)cc1CN(C)C(=O)c1cnn(-c2ccccc2F)c1. The highest BCUT2D eigenvalue weighted by molar-refractivity contribution is 6.30. The molecule has 2 aromatic carbocycles. The van der Waals surface area contributed by atoms with Crippen LogP contribution in [0.2, 0.25) is 5.02 Å². The van der Waals surface area contributed by atoms with Gasteiger partial charge in [0.25, 0.3) is 5.91 Å². The Balaban J connectivity index is 1.80. The molecule has 0 aliphatic carbocycles. The van der Waals surface area contributed by atoms with Crippen LogP contribution in [0.3, 0.4) is 0 Å². The number of aromatic nitrogens is 2. The van der Waals surface area contributed by atoms with E-state index in [9.17, 15) is 9.18 Å². The van der Waals surface area contributed by atoms with Gasteiger partial charge in [-0.25, -0.2) is 9.07 Å². The van der Waals surface area contributed by atoms with Gasteiger partial charge in [-0.05, 0) is 30.3 Å². The van der Waals surface area contributed by atoms with Crippen LogP contribution >= 0.6 is 11.6 Å². The van der Waals surface area contributed by atoms with Crippen LogP contribution in [0.15, 0.2) is 54.9 Å². The lowest BCUT2D eigenvalue weighted by molar-refractivity contribution is 0.0784. The van der Waals surface area contributed by atoms with Gasteiger partial charge in [0.15, 0.2) is 0 Å². The van der Waals surface area contributed by atoms with Crippen LogP contribution in [0.5, 0.6) is 5.75 Å². The highest BCUT2D eigenvalue weighted by atomic mass is 35.5. The van der Waals surface area contributed by atoms with Crippen molar-refractivity contribution in [2.75, 3.05) is 14.2 Å². The molecule has 7 heteroatoms. The van der Waals surface area contributed by atoms with Crippen LogP contribution in [0, 0.1) is 5.82 Å². The third kappa shape index (κ3) is 3.70. The summed E-state index contributed by atoms with van der Waals surface area (Å²) in [5.74, 6) is -0.00247. The molecule has 0 N–H and O–H groups in total. The average molecular weight is 374 g/mol. The van der Waals surface area contributed by atoms with E-state index in [1.165, 1.54) is 28.0 Å². The second-order valence-corrected chi connectivity index (χ2v) is 6.18. The van der Waals surface area contributed by atoms with E-state index < -0.39 is 5.82 Å². The van der Waals surface area contributed by atoms with Gasteiger partial charge in [0.2, 0.25) is 0 Å². The maximum absolute atomic E-state index is 13.9. The first kappa shape index (κ1) is 17.9. The van der Waals surface area contributed by atoms with Gasteiger partial charge >= 0.3 is 0 Å². The van der Waals surface area contributed by atoms with E-state index >= 15 is 0 Å². The van der Waals surface area contributed by atoms with Crippen molar-refractivity contribution in [3.63, 3.8) is 0 Å². The summed E-state index contributed by atoms with van der Waals surface area (Å²) in [5.41, 5.74) is 1.43. The summed E-state index contributed by atoms with van der Waals surface area (Å²) < 4.78 is 20.5. The minimum Gasteiger partial charge on any atom is -0.496 e. The van der Waals surface area contributed by atoms with Crippen molar-refractivity contribution >= 4 is 17.5 Å². The molecule has 0 aliphatic rings. The van der Waals surface area contributed by atoms with E-state index in [2.05, 4.69) is 5.10 Å². The average Bonchev–Trinajstić information content (AvgIpc) is 3.11. The predicted octanol–water partition coefficient (Wildman–Crippen LogP) is 3.95. The Morgan fingerprint density at radius 1 is 1.31 bits per heavy atom. The van der Waals surface area contributed by atoms with Gasteiger partial charge in [0, 0.05) is 30.4 Å². The Morgan fingerprint density at radius 2 is 2.08 bits per heavy atom. The Hall–Kier alpha value is -2.86. The molecule has 0 aliphatic heterocycles. The monoisotopic (exact) mass is 373 g/mol. The van der Waals surface area contributed by atoms with E-state index in [1.807, 2.05) is 0 Å². The molecule has 1 amide bonds. The molecule has 26 heavy (non-hydrogen) atoms. The number of carbonyl (C=O) groups excluding carboxylic acids is 1. The summed E-state index contributed by atoms with van der Waals surface area (Å²) in [6.45, 7) is 0.313. The number of ether oxygens (including phenoxy) is 1. The number of rotatable bonds is 5. The first-order valence-corrected chi connectivity index (χ1v) is 8.25. The van der Waals surface area contributed by atoms with Gasteiger partial charge in [-0.3, -0.25) is 4.79 Å². The molecule has 134 valence electrons. The largest absolute Gasteiger partial charge is 0.496 e. The maximum atomic E-state index is 13.9. The molecule has 3 aromatic rings. The summed E-state index contributed by atoms with van der Waals surface area (Å²) in [5, 5.41) is 4.65. The smallest absolute Gasteiger partial charge is 0.257 e. The number of amides is 1. The standard InChI is InChI=1S/C19H17ClFN3O2/c1-23(11-13-9-15(20)7-8-18(13)26-2)19(25)14-10-22-24(12-14)17-6-4-3-5-16(17)21/h3-10,12H,11H2,1-2H3. The lowest BCUT2D eigenvalue weighted by Gasteiger charge is -2.18. The third-order valence-corrected chi connectivity index (χ3v) is 4.16. The highest BCUT2D eigenvalue weighted by Gasteiger charge is 2.17. The fourth-order valence-corrected chi connectivity index (χ4v) is 2.82. The number of hydrogen-bond acceptors (Lipinski definition) is 3. The van der Waals surface area contributed by atoms with Crippen molar-refractivity contribution in [1.82, 2.24) is 14.7 Å². The van der Waals surface area contributed by atoms with Crippen molar-refractivity contribution in [3.8, 4) is 11.4 Å². The minimum absolute atomic E-state index is 0.241. The molecule has 0 saturated carbocycles. The first-order valence-electron chi connectivity index (χ1n) is 7.87. The van der Waals surface area contributed by atoms with E-state index in [0.29, 0.717) is 22.9 Å². The molecule has 5 nitrogen and oxygen atoms in total. The lowest BCUT2D eigenvalue weighted by atomic mass is 10.2. The first-order chi connectivity index (χ1) is 12.5. The van der Waals surface area contributed by atoms with Crippen molar-refractivity contribution < 1.29 is 13.9 Å². The van der Waals surface area contributed by atoms with E-state index in [-0.39, 0.29) is 11.6 Å². The van der Waals surface area contributed by atoms with Gasteiger partial charge in [0.1, 0.15) is 17.3 Å². The van der Waals surface area contributed by atoms with Gasteiger partial charge < -0.3 is 9.64 Å². The normalized spacial score (nSPS) is 10.6. The summed E-state index contributed by atoms with van der Waals surface area (Å²) in [6.07, 6.45) is 2.92. The Labute approximate surface area is 155 Å². The Morgan fingerprint density at radius 3 is 2.81 bits per heavy atom. The number of para-hydroxylation sites is 1. The molecule has 1 heterocycles. The Bertz CT molecular complexity index is 942. The second-order valence-electron chi connectivity index (χ2n) is 5.74. The van der Waals surface area contributed by atoms with Crippen molar-refractivity contribution in [2.45, 2.75) is 6.54 Å². The van der Waals surface area contributed by atoms with E-state index in [4.69, 9.17) is 16.3 Å². The van der Waals surface area contributed by atoms with Gasteiger partial charge in [-0.15, -0.1) is 0 Å². The molecule has 0 saturated heterocycles. The van der Waals surface area contributed by atoms with E-state index in [1.54, 1.807) is 50.6 Å². The number of benzene rings is 2. The topological polar surface area (TPSA) is 47.4 Å². The van der Waals surface area contributed by atoms with Gasteiger partial charge in [0.05, 0.1) is 18.9 Å². The van der Waals surface area contributed by atoms with Crippen LogP contribution in [-0.2, 0) is 6.54 Å². The zero-order valence-electron chi connectivity index (χ0n) is 14.3. The summed E-state index contributed by atoms with van der Waals surface area (Å²) >= 11 is 6.03. The molecule has 0 fully saturated rings. The third-order valence-electron chi connectivity index (χ3n) is 3.93. The molecule has 0 radical (unpaired) electrons.